The number of hydrogen-bond donors (Lipinski definition) is 0. The first-order valence-electron chi connectivity index (χ1n) is 6.89. The Bertz CT molecular complexity index is 611. The quantitative estimate of drug-likeness (QED) is 0.869. The predicted molar refractivity (Wildman–Crippen MR) is 77.0 cm³/mol. The van der Waals surface area contributed by atoms with E-state index in [4.69, 9.17) is 9.15 Å². The minimum Gasteiger partial charge on any atom is -0.423 e. The lowest BCUT2D eigenvalue weighted by molar-refractivity contribution is -0.141. The van der Waals surface area contributed by atoms with E-state index in [1.165, 1.54) is 0 Å². The monoisotopic (exact) mass is 307 g/mol. The van der Waals surface area contributed by atoms with E-state index in [0.717, 1.165) is 4.88 Å². The highest BCUT2D eigenvalue weighted by atomic mass is 32.1. The molecule has 0 spiro atoms. The van der Waals surface area contributed by atoms with Crippen LogP contribution in [-0.4, -0.2) is 40.7 Å². The number of carbonyl (C=O) groups is 1. The highest BCUT2D eigenvalue weighted by Crippen LogP contribution is 2.26. The molecule has 2 aromatic rings. The predicted octanol–water partition coefficient (Wildman–Crippen LogP) is 2.14. The molecule has 0 bridgehead atoms. The van der Waals surface area contributed by atoms with Crippen molar-refractivity contribution in [3.63, 3.8) is 0 Å². The lowest BCUT2D eigenvalue weighted by atomic mass is 10.1. The number of rotatable bonds is 3. The Kier molecular flexibility index (Phi) is 4.03. The van der Waals surface area contributed by atoms with Crippen LogP contribution in [-0.2, 0) is 9.53 Å². The van der Waals surface area contributed by atoms with Gasteiger partial charge < -0.3 is 14.1 Å². The maximum atomic E-state index is 12.6. The lowest BCUT2D eigenvalue weighted by Gasteiger charge is -2.32. The summed E-state index contributed by atoms with van der Waals surface area (Å²) >= 11 is 1.60. The van der Waals surface area contributed by atoms with E-state index in [9.17, 15) is 4.79 Å². The first-order valence-corrected chi connectivity index (χ1v) is 7.77. The Morgan fingerprint density at radius 2 is 2.38 bits per heavy atom. The van der Waals surface area contributed by atoms with Crippen LogP contribution in [0.1, 0.15) is 35.6 Å². The molecule has 0 saturated carbocycles. The van der Waals surface area contributed by atoms with E-state index >= 15 is 0 Å². The molecule has 0 aliphatic carbocycles. The van der Waals surface area contributed by atoms with Crippen LogP contribution in [0.15, 0.2) is 21.9 Å². The average molecular weight is 307 g/mol. The molecule has 2 aromatic heterocycles. The van der Waals surface area contributed by atoms with Crippen molar-refractivity contribution in [3.05, 3.63) is 34.2 Å². The number of aryl methyl sites for hydroxylation is 1. The number of thiophene rings is 1. The fourth-order valence-corrected chi connectivity index (χ4v) is 3.15. The summed E-state index contributed by atoms with van der Waals surface area (Å²) in [7, 11) is 0. The molecule has 3 rings (SSSR count). The summed E-state index contributed by atoms with van der Waals surface area (Å²) in [5.74, 6) is 0.924. The summed E-state index contributed by atoms with van der Waals surface area (Å²) in [5.41, 5.74) is 0. The van der Waals surface area contributed by atoms with Gasteiger partial charge in [-0.05, 0) is 18.4 Å². The van der Waals surface area contributed by atoms with E-state index in [1.54, 1.807) is 18.3 Å². The van der Waals surface area contributed by atoms with Gasteiger partial charge in [0.2, 0.25) is 17.7 Å². The largest absolute Gasteiger partial charge is 0.423 e. The number of nitrogens with zero attached hydrogens (tertiary/aromatic N) is 3. The molecule has 21 heavy (non-hydrogen) atoms. The van der Waals surface area contributed by atoms with Crippen molar-refractivity contribution in [1.82, 2.24) is 15.1 Å². The van der Waals surface area contributed by atoms with Gasteiger partial charge >= 0.3 is 0 Å². The van der Waals surface area contributed by atoms with Crippen molar-refractivity contribution in [3.8, 4) is 0 Å². The van der Waals surface area contributed by atoms with Crippen LogP contribution in [0, 0.1) is 6.92 Å². The van der Waals surface area contributed by atoms with Gasteiger partial charge in [0.25, 0.3) is 0 Å². The van der Waals surface area contributed by atoms with Gasteiger partial charge in [-0.25, -0.2) is 0 Å². The second kappa shape index (κ2) is 5.95. The summed E-state index contributed by atoms with van der Waals surface area (Å²) < 4.78 is 11.0. The van der Waals surface area contributed by atoms with Crippen LogP contribution in [0.4, 0.5) is 0 Å². The normalized spacial score (nSPS) is 20.5. The van der Waals surface area contributed by atoms with Crippen LogP contribution < -0.4 is 0 Å². The fourth-order valence-electron chi connectivity index (χ4n) is 2.37. The van der Waals surface area contributed by atoms with Gasteiger partial charge in [0.1, 0.15) is 0 Å². The molecule has 6 nitrogen and oxygen atoms in total. The average Bonchev–Trinajstić information content (AvgIpc) is 3.17. The van der Waals surface area contributed by atoms with Crippen molar-refractivity contribution in [2.24, 2.45) is 0 Å². The zero-order chi connectivity index (χ0) is 14.8. The Balaban J connectivity index is 1.69. The van der Waals surface area contributed by atoms with E-state index in [2.05, 4.69) is 10.2 Å². The van der Waals surface area contributed by atoms with Crippen molar-refractivity contribution < 1.29 is 13.9 Å². The molecule has 1 fully saturated rings. The molecule has 0 unspecified atom stereocenters. The molecule has 7 heteroatoms. The molecule has 0 N–H and O–H groups in total. The second-order valence-electron chi connectivity index (χ2n) is 5.04. The number of amides is 1. The Morgan fingerprint density at radius 1 is 1.52 bits per heavy atom. The van der Waals surface area contributed by atoms with E-state index in [-0.39, 0.29) is 17.9 Å². The molecule has 1 amide bonds. The smallest absolute Gasteiger partial charge is 0.246 e. The van der Waals surface area contributed by atoms with Crippen LogP contribution >= 0.6 is 11.3 Å². The van der Waals surface area contributed by atoms with Crippen LogP contribution in [0.25, 0.3) is 0 Å². The molecule has 112 valence electrons. The molecular weight excluding hydrogens is 290 g/mol. The summed E-state index contributed by atoms with van der Waals surface area (Å²) in [6, 6.07) is 3.96. The zero-order valence-electron chi connectivity index (χ0n) is 12.0. The standard InChI is InChI=1S/C14H17N3O3S/c1-9(12-4-3-7-21-12)14(18)17-5-6-19-11(8-17)13-16-15-10(2)20-13/h3-4,7,9,11H,5-6,8H2,1-2H3/t9-,11+/m0/s1. The molecule has 3 heterocycles. The molecule has 1 saturated heterocycles. The Morgan fingerprint density at radius 3 is 3.05 bits per heavy atom. The summed E-state index contributed by atoms with van der Waals surface area (Å²) in [5, 5.41) is 9.78. The van der Waals surface area contributed by atoms with Crippen LogP contribution in [0.3, 0.4) is 0 Å². The highest BCUT2D eigenvalue weighted by molar-refractivity contribution is 7.10. The Hall–Kier alpha value is -1.73. The maximum absolute atomic E-state index is 12.6. The van der Waals surface area contributed by atoms with E-state index in [0.29, 0.717) is 31.5 Å². The molecule has 1 aliphatic rings. The van der Waals surface area contributed by atoms with Crippen molar-refractivity contribution in [2.75, 3.05) is 19.7 Å². The third-order valence-electron chi connectivity index (χ3n) is 3.54. The van der Waals surface area contributed by atoms with Crippen molar-refractivity contribution >= 4 is 17.2 Å². The van der Waals surface area contributed by atoms with Gasteiger partial charge in [0.15, 0.2) is 6.10 Å². The summed E-state index contributed by atoms with van der Waals surface area (Å²) in [4.78, 5) is 15.5. The summed E-state index contributed by atoms with van der Waals surface area (Å²) in [6.07, 6.45) is -0.334. The Labute approximate surface area is 126 Å². The number of carbonyl (C=O) groups excluding carboxylic acids is 1. The fraction of sp³-hybridized carbons (Fsp3) is 0.500. The van der Waals surface area contributed by atoms with Gasteiger partial charge in [-0.3, -0.25) is 4.79 Å². The minimum absolute atomic E-state index is 0.113. The topological polar surface area (TPSA) is 68.5 Å². The van der Waals surface area contributed by atoms with E-state index < -0.39 is 0 Å². The molecule has 0 radical (unpaired) electrons. The lowest BCUT2D eigenvalue weighted by Crippen LogP contribution is -2.44. The zero-order valence-corrected chi connectivity index (χ0v) is 12.8. The van der Waals surface area contributed by atoms with Gasteiger partial charge in [0.05, 0.1) is 19.1 Å². The number of morpholine rings is 1. The van der Waals surface area contributed by atoms with Gasteiger partial charge in [-0.15, -0.1) is 21.5 Å². The number of hydrogen-bond acceptors (Lipinski definition) is 6. The molecular formula is C14H17N3O3S. The third-order valence-corrected chi connectivity index (χ3v) is 4.59. The first-order chi connectivity index (χ1) is 10.1. The summed E-state index contributed by atoms with van der Waals surface area (Å²) in [6.45, 7) is 5.21. The van der Waals surface area contributed by atoms with Crippen molar-refractivity contribution in [2.45, 2.75) is 25.9 Å². The van der Waals surface area contributed by atoms with E-state index in [1.807, 2.05) is 29.3 Å². The minimum atomic E-state index is -0.334. The van der Waals surface area contributed by atoms with Crippen LogP contribution in [0.5, 0.6) is 0 Å². The van der Waals surface area contributed by atoms with Crippen LogP contribution in [0.2, 0.25) is 0 Å². The SMILES string of the molecule is Cc1nnc([C@H]2CN(C(=O)[C@@H](C)c3cccs3)CCO2)o1. The molecule has 2 atom stereocenters. The van der Waals surface area contributed by atoms with Crippen molar-refractivity contribution in [1.29, 1.82) is 0 Å². The maximum Gasteiger partial charge on any atom is 0.246 e. The first kappa shape index (κ1) is 14.2. The number of aromatic nitrogens is 2. The number of ether oxygens (including phenoxy) is 1. The van der Waals surface area contributed by atoms with Gasteiger partial charge in [0, 0.05) is 18.3 Å². The van der Waals surface area contributed by atoms with Gasteiger partial charge in [-0.1, -0.05) is 6.07 Å². The third kappa shape index (κ3) is 2.98. The second-order valence-corrected chi connectivity index (χ2v) is 6.02. The molecule has 0 aromatic carbocycles. The highest BCUT2D eigenvalue weighted by Gasteiger charge is 2.31. The van der Waals surface area contributed by atoms with Gasteiger partial charge in [-0.2, -0.15) is 0 Å². The molecule has 1 aliphatic heterocycles.